The fourth-order valence-corrected chi connectivity index (χ4v) is 1.63. The second kappa shape index (κ2) is 5.09. The normalized spacial score (nSPS) is 10.1. The van der Waals surface area contributed by atoms with Gasteiger partial charge in [-0.1, -0.05) is 43.4 Å². The zero-order valence-electron chi connectivity index (χ0n) is 10.2. The molecular weight excluding hydrogens is 207 g/mol. The third-order valence-corrected chi connectivity index (χ3v) is 2.64. The molecule has 1 nitrogen and oxygen atoms in total. The molecular formula is C15H15BO. The molecule has 0 amide bonds. The number of benzene rings is 2. The SMILES string of the molecule is [CH]c1cccc(Oc2ccc(B(C)C)cc2)c1. The van der Waals surface area contributed by atoms with Gasteiger partial charge in [-0.15, -0.1) is 0 Å². The Balaban J connectivity index is 2.14. The number of hydrogen-bond acceptors (Lipinski definition) is 1. The monoisotopic (exact) mass is 222 g/mol. The topological polar surface area (TPSA) is 9.23 Å². The molecule has 0 saturated heterocycles. The van der Waals surface area contributed by atoms with Crippen LogP contribution in [0.15, 0.2) is 48.5 Å². The van der Waals surface area contributed by atoms with Crippen molar-refractivity contribution in [3.63, 3.8) is 0 Å². The molecule has 0 saturated carbocycles. The molecule has 0 atom stereocenters. The predicted molar refractivity (Wildman–Crippen MR) is 73.5 cm³/mol. The third-order valence-electron chi connectivity index (χ3n) is 2.64. The van der Waals surface area contributed by atoms with E-state index in [1.54, 1.807) is 0 Å². The standard InChI is InChI=1S/C15H15BO/c1-12-5-4-6-15(11-12)17-14-9-7-13(8-10-14)16(2)3/h1,4-11H,2-3H3. The van der Waals surface area contributed by atoms with Gasteiger partial charge in [0.25, 0.3) is 0 Å². The smallest absolute Gasteiger partial charge is 0.169 e. The molecule has 0 aliphatic rings. The maximum atomic E-state index is 5.71. The van der Waals surface area contributed by atoms with Crippen molar-refractivity contribution in [1.29, 1.82) is 0 Å². The summed E-state index contributed by atoms with van der Waals surface area (Å²) >= 11 is 0. The quantitative estimate of drug-likeness (QED) is 0.722. The molecule has 0 unspecified atom stereocenters. The highest BCUT2D eigenvalue weighted by Gasteiger charge is 2.03. The highest BCUT2D eigenvalue weighted by molar-refractivity contribution is 6.70. The first-order valence-electron chi connectivity index (χ1n) is 5.78. The first-order valence-corrected chi connectivity index (χ1v) is 5.78. The van der Waals surface area contributed by atoms with Crippen LogP contribution in [0.4, 0.5) is 0 Å². The molecule has 0 heterocycles. The fourth-order valence-electron chi connectivity index (χ4n) is 1.63. The van der Waals surface area contributed by atoms with E-state index in [1.165, 1.54) is 5.46 Å². The van der Waals surface area contributed by atoms with E-state index in [0.717, 1.165) is 11.5 Å². The molecule has 2 rings (SSSR count). The average Bonchev–Trinajstić information content (AvgIpc) is 2.29. The second-order valence-electron chi connectivity index (χ2n) is 4.40. The summed E-state index contributed by atoms with van der Waals surface area (Å²) in [7, 11) is 0. The lowest BCUT2D eigenvalue weighted by atomic mass is 9.49. The van der Waals surface area contributed by atoms with Gasteiger partial charge in [0.15, 0.2) is 6.71 Å². The second-order valence-corrected chi connectivity index (χ2v) is 4.40. The minimum absolute atomic E-state index is 0.538. The summed E-state index contributed by atoms with van der Waals surface area (Å²) in [5, 5.41) is 0. The lowest BCUT2D eigenvalue weighted by molar-refractivity contribution is 0.482. The van der Waals surface area contributed by atoms with Gasteiger partial charge in [-0.2, -0.15) is 0 Å². The van der Waals surface area contributed by atoms with Crippen molar-refractivity contribution in [2.75, 3.05) is 0 Å². The Hall–Kier alpha value is -1.70. The van der Waals surface area contributed by atoms with Gasteiger partial charge in [-0.3, -0.25) is 0 Å². The summed E-state index contributed by atoms with van der Waals surface area (Å²) in [5.41, 5.74) is 2.02. The van der Waals surface area contributed by atoms with Crippen LogP contribution in [-0.4, -0.2) is 6.71 Å². The van der Waals surface area contributed by atoms with E-state index in [9.17, 15) is 0 Å². The lowest BCUT2D eigenvalue weighted by Crippen LogP contribution is -2.21. The Morgan fingerprint density at radius 2 is 1.65 bits per heavy atom. The minimum Gasteiger partial charge on any atom is -0.457 e. The van der Waals surface area contributed by atoms with Crippen molar-refractivity contribution < 1.29 is 4.74 Å². The van der Waals surface area contributed by atoms with Crippen LogP contribution in [0.5, 0.6) is 11.5 Å². The molecule has 0 aliphatic heterocycles. The van der Waals surface area contributed by atoms with Crippen molar-refractivity contribution in [2.45, 2.75) is 13.6 Å². The summed E-state index contributed by atoms with van der Waals surface area (Å²) in [4.78, 5) is 0. The van der Waals surface area contributed by atoms with Gasteiger partial charge in [-0.05, 0) is 36.8 Å². The van der Waals surface area contributed by atoms with E-state index in [2.05, 4.69) is 25.8 Å². The predicted octanol–water partition coefficient (Wildman–Crippen LogP) is 3.50. The van der Waals surface area contributed by atoms with Crippen LogP contribution in [0.25, 0.3) is 0 Å². The van der Waals surface area contributed by atoms with Crippen LogP contribution < -0.4 is 10.2 Å². The van der Waals surface area contributed by atoms with Crippen molar-refractivity contribution >= 4 is 12.2 Å². The fraction of sp³-hybridized carbons (Fsp3) is 0.133. The molecule has 2 radical (unpaired) electrons. The molecule has 0 bridgehead atoms. The number of ether oxygens (including phenoxy) is 1. The molecule has 84 valence electrons. The van der Waals surface area contributed by atoms with Gasteiger partial charge in [-0.25, -0.2) is 0 Å². The largest absolute Gasteiger partial charge is 0.457 e. The maximum absolute atomic E-state index is 5.71. The molecule has 0 fully saturated rings. The summed E-state index contributed by atoms with van der Waals surface area (Å²) in [6.07, 6.45) is 0. The number of rotatable bonds is 3. The highest BCUT2D eigenvalue weighted by atomic mass is 16.5. The summed E-state index contributed by atoms with van der Waals surface area (Å²) < 4.78 is 5.71. The van der Waals surface area contributed by atoms with Gasteiger partial charge in [0, 0.05) is 0 Å². The van der Waals surface area contributed by atoms with E-state index < -0.39 is 0 Å². The van der Waals surface area contributed by atoms with Crippen LogP contribution in [0.3, 0.4) is 0 Å². The molecule has 2 aromatic carbocycles. The van der Waals surface area contributed by atoms with E-state index in [4.69, 9.17) is 11.7 Å². The average molecular weight is 222 g/mol. The Bertz CT molecular complexity index is 489. The van der Waals surface area contributed by atoms with Crippen molar-refractivity contribution in [3.8, 4) is 11.5 Å². The van der Waals surface area contributed by atoms with E-state index in [0.29, 0.717) is 12.3 Å². The van der Waals surface area contributed by atoms with Crippen LogP contribution in [0, 0.1) is 6.92 Å². The zero-order chi connectivity index (χ0) is 12.3. The van der Waals surface area contributed by atoms with Gasteiger partial charge in [0.1, 0.15) is 11.5 Å². The third kappa shape index (κ3) is 3.13. The van der Waals surface area contributed by atoms with Gasteiger partial charge < -0.3 is 4.74 Å². The maximum Gasteiger partial charge on any atom is 0.169 e. The molecule has 0 N–H and O–H groups in total. The summed E-state index contributed by atoms with van der Waals surface area (Å²) in [6, 6.07) is 15.6. The number of hydrogen-bond donors (Lipinski definition) is 0. The molecule has 2 heteroatoms. The molecule has 2 aromatic rings. The summed E-state index contributed by atoms with van der Waals surface area (Å²) in [5.74, 6) is 1.60. The van der Waals surface area contributed by atoms with E-state index in [1.807, 2.05) is 36.4 Å². The van der Waals surface area contributed by atoms with E-state index >= 15 is 0 Å². The van der Waals surface area contributed by atoms with Crippen molar-refractivity contribution in [2.24, 2.45) is 0 Å². The first kappa shape index (κ1) is 11.8. The van der Waals surface area contributed by atoms with Gasteiger partial charge in [0.2, 0.25) is 0 Å². The van der Waals surface area contributed by atoms with Crippen molar-refractivity contribution in [1.82, 2.24) is 0 Å². The minimum atomic E-state index is 0.538. The molecule has 0 aliphatic carbocycles. The first-order chi connectivity index (χ1) is 8.15. The lowest BCUT2D eigenvalue weighted by Gasteiger charge is -2.08. The molecule has 0 spiro atoms. The van der Waals surface area contributed by atoms with Gasteiger partial charge in [0.05, 0.1) is 0 Å². The van der Waals surface area contributed by atoms with Crippen LogP contribution in [0.2, 0.25) is 13.6 Å². The highest BCUT2D eigenvalue weighted by Crippen LogP contribution is 2.21. The van der Waals surface area contributed by atoms with Crippen molar-refractivity contribution in [3.05, 3.63) is 61.0 Å². The van der Waals surface area contributed by atoms with Crippen LogP contribution >= 0.6 is 0 Å². The molecule has 0 aromatic heterocycles. The van der Waals surface area contributed by atoms with Crippen LogP contribution in [-0.2, 0) is 0 Å². The van der Waals surface area contributed by atoms with Gasteiger partial charge >= 0.3 is 0 Å². The Morgan fingerprint density at radius 1 is 0.941 bits per heavy atom. The Labute approximate surface area is 104 Å². The van der Waals surface area contributed by atoms with Crippen LogP contribution in [0.1, 0.15) is 5.56 Å². The summed E-state index contributed by atoms with van der Waals surface area (Å²) in [6.45, 7) is 10.6. The Kier molecular flexibility index (Phi) is 3.53. The zero-order valence-corrected chi connectivity index (χ0v) is 10.2. The molecule has 17 heavy (non-hydrogen) atoms. The Morgan fingerprint density at radius 3 is 2.24 bits per heavy atom. The van der Waals surface area contributed by atoms with E-state index in [-0.39, 0.29) is 0 Å².